The van der Waals surface area contributed by atoms with Gasteiger partial charge >= 0.3 is 0 Å². The molecule has 0 aromatic heterocycles. The van der Waals surface area contributed by atoms with Gasteiger partial charge in [-0.3, -0.25) is 4.79 Å². The molecule has 0 amide bonds. The minimum atomic E-state index is -0.972. The summed E-state index contributed by atoms with van der Waals surface area (Å²) in [4.78, 5) is 10.8. The number of aliphatic hydroxyl groups excluding tert-OH is 2. The third-order valence-electron chi connectivity index (χ3n) is 2.55. The molecule has 0 bridgehead atoms. The first-order valence-corrected chi connectivity index (χ1v) is 6.75. The zero-order chi connectivity index (χ0) is 13.7. The van der Waals surface area contributed by atoms with Crippen molar-refractivity contribution in [1.82, 2.24) is 0 Å². The second kappa shape index (κ2) is 6.78. The Hall–Kier alpha value is -1.04. The van der Waals surface area contributed by atoms with Crippen LogP contribution in [0.5, 0.6) is 0 Å². The van der Waals surface area contributed by atoms with Gasteiger partial charge in [-0.15, -0.1) is 0 Å². The molecule has 0 spiro atoms. The van der Waals surface area contributed by atoms with Gasteiger partial charge in [0.1, 0.15) is 6.10 Å². The summed E-state index contributed by atoms with van der Waals surface area (Å²) < 4.78 is 0. The van der Waals surface area contributed by atoms with Crippen LogP contribution >= 0.6 is 11.8 Å². The SMILES string of the molecule is CC(=O)SCCC(O)C(O)c1cc(C)cc(N)c1. The van der Waals surface area contributed by atoms with Crippen LogP contribution in [0.1, 0.15) is 30.6 Å². The predicted octanol–water partition coefficient (Wildman–Crippen LogP) is 1.64. The largest absolute Gasteiger partial charge is 0.399 e. The first-order chi connectivity index (χ1) is 8.40. The fraction of sp³-hybridized carbons (Fsp3) is 0.462. The van der Waals surface area contributed by atoms with Crippen LogP contribution in [0.4, 0.5) is 5.69 Å². The van der Waals surface area contributed by atoms with Crippen molar-refractivity contribution in [1.29, 1.82) is 0 Å². The second-order valence-corrected chi connectivity index (χ2v) is 5.59. The standard InChI is InChI=1S/C13H19NO3S/c1-8-5-10(7-11(14)6-8)13(17)12(16)3-4-18-9(2)15/h5-7,12-13,16-17H,3-4,14H2,1-2H3. The monoisotopic (exact) mass is 269 g/mol. The summed E-state index contributed by atoms with van der Waals surface area (Å²) in [6.45, 7) is 3.36. The number of hydrogen-bond acceptors (Lipinski definition) is 5. The lowest BCUT2D eigenvalue weighted by Crippen LogP contribution is -2.19. The molecule has 2 unspecified atom stereocenters. The highest BCUT2D eigenvalue weighted by Crippen LogP contribution is 2.23. The van der Waals surface area contributed by atoms with Crippen LogP contribution in [0.2, 0.25) is 0 Å². The predicted molar refractivity (Wildman–Crippen MR) is 74.3 cm³/mol. The number of anilines is 1. The van der Waals surface area contributed by atoms with Gasteiger partial charge in [0, 0.05) is 18.4 Å². The Morgan fingerprint density at radius 1 is 1.39 bits per heavy atom. The van der Waals surface area contributed by atoms with E-state index in [2.05, 4.69) is 0 Å². The van der Waals surface area contributed by atoms with Crippen LogP contribution in [0, 0.1) is 6.92 Å². The summed E-state index contributed by atoms with van der Waals surface area (Å²) in [5.41, 5.74) is 7.80. The van der Waals surface area contributed by atoms with Gasteiger partial charge in [0.2, 0.25) is 0 Å². The van der Waals surface area contributed by atoms with E-state index >= 15 is 0 Å². The van der Waals surface area contributed by atoms with E-state index in [4.69, 9.17) is 5.73 Å². The van der Waals surface area contributed by atoms with E-state index in [1.165, 1.54) is 6.92 Å². The zero-order valence-electron chi connectivity index (χ0n) is 10.6. The van der Waals surface area contributed by atoms with Crippen molar-refractivity contribution in [2.75, 3.05) is 11.5 Å². The van der Waals surface area contributed by atoms with E-state index < -0.39 is 12.2 Å². The molecule has 4 nitrogen and oxygen atoms in total. The Balaban J connectivity index is 2.62. The topological polar surface area (TPSA) is 83.5 Å². The van der Waals surface area contributed by atoms with Crippen molar-refractivity contribution >= 4 is 22.6 Å². The van der Waals surface area contributed by atoms with Crippen molar-refractivity contribution in [3.63, 3.8) is 0 Å². The molecule has 1 aromatic rings. The number of hydrogen-bond donors (Lipinski definition) is 3. The highest BCUT2D eigenvalue weighted by Gasteiger charge is 2.18. The number of benzene rings is 1. The summed E-state index contributed by atoms with van der Waals surface area (Å²) in [6, 6.07) is 5.25. The maximum atomic E-state index is 10.8. The normalized spacial score (nSPS) is 14.2. The fourth-order valence-corrected chi connectivity index (χ4v) is 2.36. The first-order valence-electron chi connectivity index (χ1n) is 5.76. The summed E-state index contributed by atoms with van der Waals surface area (Å²) in [5.74, 6) is 0.495. The Labute approximate surface area is 111 Å². The Morgan fingerprint density at radius 2 is 2.06 bits per heavy atom. The minimum Gasteiger partial charge on any atom is -0.399 e. The van der Waals surface area contributed by atoms with E-state index in [-0.39, 0.29) is 5.12 Å². The molecule has 0 saturated heterocycles. The first kappa shape index (κ1) is 15.0. The van der Waals surface area contributed by atoms with Crippen molar-refractivity contribution in [3.05, 3.63) is 29.3 Å². The Morgan fingerprint density at radius 3 is 2.61 bits per heavy atom. The van der Waals surface area contributed by atoms with Gasteiger partial charge in [-0.25, -0.2) is 0 Å². The summed E-state index contributed by atoms with van der Waals surface area (Å²) in [7, 11) is 0. The van der Waals surface area contributed by atoms with E-state index in [1.54, 1.807) is 18.2 Å². The van der Waals surface area contributed by atoms with Crippen LogP contribution in [0.3, 0.4) is 0 Å². The van der Waals surface area contributed by atoms with Crippen LogP contribution in [-0.4, -0.2) is 27.2 Å². The van der Waals surface area contributed by atoms with Crippen LogP contribution in [0.15, 0.2) is 18.2 Å². The number of nitrogen functional groups attached to an aromatic ring is 1. The Bertz CT molecular complexity index is 402. The highest BCUT2D eigenvalue weighted by atomic mass is 32.2. The van der Waals surface area contributed by atoms with Gasteiger partial charge < -0.3 is 15.9 Å². The van der Waals surface area contributed by atoms with E-state index in [0.717, 1.165) is 17.3 Å². The molecule has 5 heteroatoms. The molecule has 0 fully saturated rings. The molecule has 1 aromatic carbocycles. The van der Waals surface area contributed by atoms with Crippen LogP contribution in [-0.2, 0) is 4.79 Å². The molecule has 100 valence electrons. The van der Waals surface area contributed by atoms with E-state index in [1.807, 2.05) is 6.92 Å². The molecule has 0 aliphatic rings. The average Bonchev–Trinajstić information content (AvgIpc) is 2.26. The minimum absolute atomic E-state index is 0.0106. The van der Waals surface area contributed by atoms with Crippen LogP contribution < -0.4 is 5.73 Å². The molecule has 0 aliphatic heterocycles. The third-order valence-corrected chi connectivity index (χ3v) is 3.39. The van der Waals surface area contributed by atoms with Gasteiger partial charge in [-0.05, 0) is 36.6 Å². The lowest BCUT2D eigenvalue weighted by atomic mass is 10.0. The summed E-state index contributed by atoms with van der Waals surface area (Å²) in [6.07, 6.45) is -1.50. The lowest BCUT2D eigenvalue weighted by molar-refractivity contribution is -0.109. The molecule has 0 heterocycles. The lowest BCUT2D eigenvalue weighted by Gasteiger charge is -2.18. The number of carbonyl (C=O) groups excluding carboxylic acids is 1. The van der Waals surface area contributed by atoms with E-state index in [9.17, 15) is 15.0 Å². The maximum absolute atomic E-state index is 10.8. The Kier molecular flexibility index (Phi) is 5.65. The van der Waals surface area contributed by atoms with Gasteiger partial charge in [-0.1, -0.05) is 17.8 Å². The third kappa shape index (κ3) is 4.68. The molecule has 0 aliphatic carbocycles. The van der Waals surface area contributed by atoms with E-state index in [0.29, 0.717) is 23.4 Å². The number of rotatable bonds is 5. The van der Waals surface area contributed by atoms with Crippen LogP contribution in [0.25, 0.3) is 0 Å². The number of thioether (sulfide) groups is 1. The van der Waals surface area contributed by atoms with Crippen molar-refractivity contribution in [2.45, 2.75) is 32.5 Å². The zero-order valence-corrected chi connectivity index (χ0v) is 11.4. The second-order valence-electron chi connectivity index (χ2n) is 4.32. The van der Waals surface area contributed by atoms with Crippen molar-refractivity contribution < 1.29 is 15.0 Å². The molecule has 0 saturated carbocycles. The molecule has 0 radical (unpaired) electrons. The van der Waals surface area contributed by atoms with Crippen molar-refractivity contribution in [3.8, 4) is 0 Å². The number of carbonyl (C=O) groups is 1. The number of nitrogens with two attached hydrogens (primary N) is 1. The number of aryl methyl sites for hydroxylation is 1. The smallest absolute Gasteiger partial charge is 0.185 e. The average molecular weight is 269 g/mol. The quantitative estimate of drug-likeness (QED) is 0.708. The van der Waals surface area contributed by atoms with Gasteiger partial charge in [0.15, 0.2) is 5.12 Å². The fourth-order valence-electron chi connectivity index (χ4n) is 1.72. The van der Waals surface area contributed by atoms with Gasteiger partial charge in [-0.2, -0.15) is 0 Å². The molecular formula is C13H19NO3S. The highest BCUT2D eigenvalue weighted by molar-refractivity contribution is 8.13. The number of aliphatic hydroxyl groups is 2. The summed E-state index contributed by atoms with van der Waals surface area (Å²) in [5, 5.41) is 19.9. The molecule has 2 atom stereocenters. The molecular weight excluding hydrogens is 250 g/mol. The molecule has 4 N–H and O–H groups in total. The summed E-state index contributed by atoms with van der Waals surface area (Å²) >= 11 is 1.14. The van der Waals surface area contributed by atoms with Gasteiger partial charge in [0.05, 0.1) is 6.10 Å². The molecule has 1 rings (SSSR count). The van der Waals surface area contributed by atoms with Gasteiger partial charge in [0.25, 0.3) is 0 Å². The maximum Gasteiger partial charge on any atom is 0.185 e. The molecule has 18 heavy (non-hydrogen) atoms. The van der Waals surface area contributed by atoms with Crippen molar-refractivity contribution in [2.24, 2.45) is 0 Å².